The number of aromatic nitrogens is 1. The summed E-state index contributed by atoms with van der Waals surface area (Å²) >= 11 is 0. The van der Waals surface area contributed by atoms with Gasteiger partial charge >= 0.3 is 0 Å². The molecular formula is C31H26NO+. The Morgan fingerprint density at radius 1 is 0.515 bits per heavy atom. The van der Waals surface area contributed by atoms with Gasteiger partial charge in [-0.15, -0.1) is 0 Å². The quantitative estimate of drug-likeness (QED) is 0.265. The van der Waals surface area contributed by atoms with Gasteiger partial charge in [0.25, 0.3) is 0 Å². The van der Waals surface area contributed by atoms with Crippen LogP contribution in [0.15, 0.2) is 127 Å². The highest BCUT2D eigenvalue weighted by Gasteiger charge is 2.23. The molecule has 0 aliphatic rings. The number of hydrogen-bond acceptors (Lipinski definition) is 1. The number of rotatable bonds is 6. The maximum Gasteiger partial charge on any atom is 0.213 e. The smallest absolute Gasteiger partial charge is 0.213 e. The van der Waals surface area contributed by atoms with Gasteiger partial charge in [0.1, 0.15) is 5.75 Å². The van der Waals surface area contributed by atoms with E-state index in [9.17, 15) is 0 Å². The van der Waals surface area contributed by atoms with E-state index in [1.165, 1.54) is 33.6 Å². The Bertz CT molecular complexity index is 1270. The van der Waals surface area contributed by atoms with Crippen molar-refractivity contribution in [3.63, 3.8) is 0 Å². The number of hydrogen-bond donors (Lipinski definition) is 0. The van der Waals surface area contributed by atoms with Crippen molar-refractivity contribution in [2.75, 3.05) is 7.11 Å². The third kappa shape index (κ3) is 4.56. The Morgan fingerprint density at radius 3 is 1.48 bits per heavy atom. The van der Waals surface area contributed by atoms with Crippen molar-refractivity contribution in [3.05, 3.63) is 133 Å². The van der Waals surface area contributed by atoms with E-state index in [1.807, 2.05) is 12.1 Å². The predicted octanol–water partition coefficient (Wildman–Crippen LogP) is 7.03. The summed E-state index contributed by atoms with van der Waals surface area (Å²) in [5.74, 6) is 0.861. The highest BCUT2D eigenvalue weighted by molar-refractivity contribution is 5.74. The van der Waals surface area contributed by atoms with Crippen LogP contribution in [0.4, 0.5) is 0 Å². The topological polar surface area (TPSA) is 13.1 Å². The van der Waals surface area contributed by atoms with Crippen LogP contribution in [0.2, 0.25) is 0 Å². The molecule has 2 heteroatoms. The molecule has 0 bridgehead atoms. The highest BCUT2D eigenvalue weighted by atomic mass is 16.5. The van der Waals surface area contributed by atoms with Crippen molar-refractivity contribution in [1.29, 1.82) is 0 Å². The maximum atomic E-state index is 5.37. The Hall–Kier alpha value is -4.17. The second-order valence-electron chi connectivity index (χ2n) is 8.05. The number of nitrogens with zero attached hydrogens (tertiary/aromatic N) is 1. The Labute approximate surface area is 195 Å². The van der Waals surface area contributed by atoms with Crippen LogP contribution < -0.4 is 9.30 Å². The second-order valence-corrected chi connectivity index (χ2v) is 8.05. The summed E-state index contributed by atoms with van der Waals surface area (Å²) in [5.41, 5.74) is 8.38. The average Bonchev–Trinajstić information content (AvgIpc) is 2.90. The average molecular weight is 429 g/mol. The van der Waals surface area contributed by atoms with Crippen molar-refractivity contribution in [2.24, 2.45) is 0 Å². The summed E-state index contributed by atoms with van der Waals surface area (Å²) < 4.78 is 7.80. The van der Waals surface area contributed by atoms with Gasteiger partial charge in [-0.25, -0.2) is 0 Å². The molecule has 2 nitrogen and oxygen atoms in total. The summed E-state index contributed by atoms with van der Waals surface area (Å²) in [6, 6.07) is 44.8. The molecule has 0 aliphatic heterocycles. The molecule has 0 unspecified atom stereocenters. The van der Waals surface area contributed by atoms with Crippen LogP contribution in [0.25, 0.3) is 33.6 Å². The van der Waals surface area contributed by atoms with Gasteiger partial charge in [-0.2, -0.15) is 4.57 Å². The van der Waals surface area contributed by atoms with Gasteiger partial charge < -0.3 is 4.74 Å². The number of ether oxygens (including phenoxy) is 1. The molecule has 0 radical (unpaired) electrons. The molecule has 0 atom stereocenters. The third-order valence-corrected chi connectivity index (χ3v) is 5.91. The minimum absolute atomic E-state index is 0.790. The molecule has 4 aromatic carbocycles. The van der Waals surface area contributed by atoms with Gasteiger partial charge in [0.05, 0.1) is 7.11 Å². The fraction of sp³-hybridized carbons (Fsp3) is 0.0645. The first kappa shape index (κ1) is 20.7. The summed E-state index contributed by atoms with van der Waals surface area (Å²) in [6.07, 6.45) is 0. The van der Waals surface area contributed by atoms with Gasteiger partial charge in [0, 0.05) is 28.8 Å². The normalized spacial score (nSPS) is 10.7. The van der Waals surface area contributed by atoms with Gasteiger partial charge in [0.15, 0.2) is 6.54 Å². The predicted molar refractivity (Wildman–Crippen MR) is 135 cm³/mol. The highest BCUT2D eigenvalue weighted by Crippen LogP contribution is 2.30. The van der Waals surface area contributed by atoms with Crippen molar-refractivity contribution < 1.29 is 9.30 Å². The van der Waals surface area contributed by atoms with Crippen LogP contribution in [-0.2, 0) is 6.54 Å². The summed E-state index contributed by atoms with van der Waals surface area (Å²) in [7, 11) is 1.70. The van der Waals surface area contributed by atoms with E-state index in [4.69, 9.17) is 4.74 Å². The maximum absolute atomic E-state index is 5.37. The molecular weight excluding hydrogens is 402 g/mol. The van der Waals surface area contributed by atoms with E-state index in [1.54, 1.807) is 7.11 Å². The van der Waals surface area contributed by atoms with Gasteiger partial charge in [-0.1, -0.05) is 78.9 Å². The van der Waals surface area contributed by atoms with Crippen molar-refractivity contribution in [2.45, 2.75) is 6.54 Å². The zero-order valence-corrected chi connectivity index (χ0v) is 18.7. The van der Waals surface area contributed by atoms with E-state index in [2.05, 4.69) is 120 Å². The first-order valence-electron chi connectivity index (χ1n) is 11.2. The van der Waals surface area contributed by atoms with Crippen molar-refractivity contribution in [3.8, 4) is 39.4 Å². The number of pyridine rings is 1. The van der Waals surface area contributed by atoms with Crippen LogP contribution in [-0.4, -0.2) is 7.11 Å². The molecule has 0 amide bonds. The monoisotopic (exact) mass is 428 g/mol. The lowest BCUT2D eigenvalue weighted by molar-refractivity contribution is -0.666. The lowest BCUT2D eigenvalue weighted by atomic mass is 9.98. The fourth-order valence-corrected chi connectivity index (χ4v) is 4.20. The lowest BCUT2D eigenvalue weighted by Crippen LogP contribution is -2.39. The first-order valence-corrected chi connectivity index (χ1v) is 11.2. The van der Waals surface area contributed by atoms with E-state index in [-0.39, 0.29) is 0 Å². The van der Waals surface area contributed by atoms with Crippen molar-refractivity contribution in [1.82, 2.24) is 0 Å². The molecule has 0 fully saturated rings. The van der Waals surface area contributed by atoms with E-state index >= 15 is 0 Å². The van der Waals surface area contributed by atoms with Crippen LogP contribution in [0.1, 0.15) is 5.56 Å². The van der Waals surface area contributed by atoms with Crippen LogP contribution in [0, 0.1) is 0 Å². The Kier molecular flexibility index (Phi) is 5.99. The summed E-state index contributed by atoms with van der Waals surface area (Å²) in [4.78, 5) is 0. The zero-order valence-electron chi connectivity index (χ0n) is 18.7. The van der Waals surface area contributed by atoms with Crippen molar-refractivity contribution >= 4 is 0 Å². The minimum Gasteiger partial charge on any atom is -0.497 e. The molecule has 33 heavy (non-hydrogen) atoms. The van der Waals surface area contributed by atoms with E-state index < -0.39 is 0 Å². The molecule has 0 aliphatic carbocycles. The first-order chi connectivity index (χ1) is 16.3. The molecule has 1 aromatic heterocycles. The summed E-state index contributed by atoms with van der Waals surface area (Å²) in [5, 5.41) is 0. The SMILES string of the molecule is COc1ccc(-c2cc(-c3ccccc3)[n+](Cc3ccccc3)c(-c3ccccc3)c2)cc1. The lowest BCUT2D eigenvalue weighted by Gasteiger charge is -2.13. The standard InChI is InChI=1S/C31H26NO/c1-33-29-19-17-25(18-20-29)28-21-30(26-13-7-3-8-14-26)32(23-24-11-5-2-6-12-24)31(22-28)27-15-9-4-10-16-27/h2-22H,23H2,1H3/q+1. The van der Waals surface area contributed by atoms with Crippen LogP contribution >= 0.6 is 0 Å². The van der Waals surface area contributed by atoms with Gasteiger partial charge in [0.2, 0.25) is 11.4 Å². The molecule has 0 saturated carbocycles. The van der Waals surface area contributed by atoms with E-state index in [0.29, 0.717) is 0 Å². The third-order valence-electron chi connectivity index (χ3n) is 5.91. The Morgan fingerprint density at radius 2 is 1.00 bits per heavy atom. The molecule has 0 N–H and O–H groups in total. The van der Waals surface area contributed by atoms with Gasteiger partial charge in [-0.05, 0) is 47.5 Å². The van der Waals surface area contributed by atoms with Crippen LogP contribution in [0.5, 0.6) is 5.75 Å². The molecule has 5 aromatic rings. The minimum atomic E-state index is 0.790. The number of methoxy groups -OCH3 is 1. The van der Waals surface area contributed by atoms with Gasteiger partial charge in [-0.3, -0.25) is 0 Å². The zero-order chi connectivity index (χ0) is 22.5. The molecule has 160 valence electrons. The molecule has 5 rings (SSSR count). The fourth-order valence-electron chi connectivity index (χ4n) is 4.20. The second kappa shape index (κ2) is 9.54. The largest absolute Gasteiger partial charge is 0.497 e. The Balaban J connectivity index is 1.76. The van der Waals surface area contributed by atoms with Crippen LogP contribution in [0.3, 0.4) is 0 Å². The molecule has 0 saturated heterocycles. The summed E-state index contributed by atoms with van der Waals surface area (Å²) in [6.45, 7) is 0.790. The molecule has 0 spiro atoms. The number of benzene rings is 4. The molecule has 1 heterocycles. The van der Waals surface area contributed by atoms with E-state index in [0.717, 1.165) is 17.9 Å².